The first kappa shape index (κ1) is 18.5. The molecule has 2 rings (SSSR count). The number of rotatable bonds is 5. The van der Waals surface area contributed by atoms with Gasteiger partial charge in [-0.25, -0.2) is 4.79 Å². The Morgan fingerprint density at radius 2 is 1.92 bits per heavy atom. The van der Waals surface area contributed by atoms with E-state index in [0.717, 1.165) is 0 Å². The number of amides is 2. The molecule has 2 atom stereocenters. The van der Waals surface area contributed by atoms with Crippen LogP contribution >= 0.6 is 0 Å². The molecule has 0 aromatic carbocycles. The van der Waals surface area contributed by atoms with Crippen molar-refractivity contribution in [1.29, 1.82) is 0 Å². The van der Waals surface area contributed by atoms with Gasteiger partial charge in [-0.2, -0.15) is 4.98 Å². The molecular weight excluding hydrogens is 328 g/mol. The number of hydrogen-bond acceptors (Lipinski definition) is 7. The van der Waals surface area contributed by atoms with E-state index in [1.807, 2.05) is 0 Å². The monoisotopic (exact) mass is 350 g/mol. The van der Waals surface area contributed by atoms with Crippen molar-refractivity contribution in [2.24, 2.45) is 0 Å². The third-order valence-electron chi connectivity index (χ3n) is 3.08. The van der Waals surface area contributed by atoms with Gasteiger partial charge in [0, 0.05) is 0 Å². The Kier molecular flexibility index (Phi) is 5.45. The van der Waals surface area contributed by atoms with E-state index in [2.05, 4.69) is 20.8 Å². The van der Waals surface area contributed by atoms with Crippen LogP contribution < -0.4 is 10.6 Å². The summed E-state index contributed by atoms with van der Waals surface area (Å²) < 4.78 is 15.2. The summed E-state index contributed by atoms with van der Waals surface area (Å²) in [6.45, 7) is 8.73. The van der Waals surface area contributed by atoms with Gasteiger partial charge in [0.25, 0.3) is 5.91 Å². The highest BCUT2D eigenvalue weighted by atomic mass is 16.6. The maximum Gasteiger partial charge on any atom is 0.408 e. The van der Waals surface area contributed by atoms with E-state index < -0.39 is 23.8 Å². The van der Waals surface area contributed by atoms with Crippen LogP contribution in [-0.4, -0.2) is 27.7 Å². The SMILES string of the molecule is C[C@H](NC(=O)c1ccoc1)c1nc([C@@H](C)NC(=O)OC(C)(C)C)no1. The van der Waals surface area contributed by atoms with Crippen molar-refractivity contribution >= 4 is 12.0 Å². The number of carbonyl (C=O) groups excluding carboxylic acids is 2. The maximum atomic E-state index is 12.0. The number of alkyl carbamates (subject to hydrolysis) is 1. The van der Waals surface area contributed by atoms with Crippen molar-refractivity contribution in [3.8, 4) is 0 Å². The minimum Gasteiger partial charge on any atom is -0.472 e. The number of hydrogen-bond donors (Lipinski definition) is 2. The van der Waals surface area contributed by atoms with E-state index >= 15 is 0 Å². The topological polar surface area (TPSA) is 119 Å². The Hall–Kier alpha value is -2.84. The molecule has 25 heavy (non-hydrogen) atoms. The zero-order valence-corrected chi connectivity index (χ0v) is 14.8. The van der Waals surface area contributed by atoms with Crippen LogP contribution in [0.4, 0.5) is 4.79 Å². The second kappa shape index (κ2) is 7.37. The first-order chi connectivity index (χ1) is 11.7. The normalized spacial score (nSPS) is 13.8. The lowest BCUT2D eigenvalue weighted by Gasteiger charge is -2.20. The third-order valence-corrected chi connectivity index (χ3v) is 3.08. The molecule has 0 bridgehead atoms. The summed E-state index contributed by atoms with van der Waals surface area (Å²) in [5, 5.41) is 9.17. The molecule has 0 radical (unpaired) electrons. The lowest BCUT2D eigenvalue weighted by molar-refractivity contribution is 0.0505. The van der Waals surface area contributed by atoms with Crippen LogP contribution in [0.25, 0.3) is 0 Å². The molecule has 0 spiro atoms. The molecule has 0 unspecified atom stereocenters. The molecule has 2 aromatic rings. The molecule has 0 saturated heterocycles. The van der Waals surface area contributed by atoms with Gasteiger partial charge in [-0.05, 0) is 40.7 Å². The van der Waals surface area contributed by atoms with Crippen LogP contribution in [0.1, 0.15) is 68.8 Å². The minimum atomic E-state index is -0.599. The highest BCUT2D eigenvalue weighted by Gasteiger charge is 2.23. The summed E-state index contributed by atoms with van der Waals surface area (Å²) in [6.07, 6.45) is 2.18. The van der Waals surface area contributed by atoms with Crippen LogP contribution in [-0.2, 0) is 4.74 Å². The van der Waals surface area contributed by atoms with Crippen molar-refractivity contribution < 1.29 is 23.3 Å². The van der Waals surface area contributed by atoms with E-state index in [-0.39, 0.29) is 17.6 Å². The average molecular weight is 350 g/mol. The number of nitrogens with zero attached hydrogens (tertiary/aromatic N) is 2. The summed E-state index contributed by atoms with van der Waals surface area (Å²) in [4.78, 5) is 28.0. The van der Waals surface area contributed by atoms with Crippen LogP contribution in [0.15, 0.2) is 27.5 Å². The zero-order valence-electron chi connectivity index (χ0n) is 14.8. The standard InChI is InChI=1S/C16H22N4O5/c1-9(18-15(22)24-16(3,4)5)12-19-14(25-20-12)10(2)17-13(21)11-6-7-23-8-11/h6-10H,1-5H3,(H,17,21)(H,18,22)/t9-,10+/m1/s1. The lowest BCUT2D eigenvalue weighted by Crippen LogP contribution is -2.34. The van der Waals surface area contributed by atoms with Gasteiger partial charge in [0.15, 0.2) is 5.82 Å². The first-order valence-electron chi connectivity index (χ1n) is 7.82. The van der Waals surface area contributed by atoms with Crippen molar-refractivity contribution in [1.82, 2.24) is 20.8 Å². The second-order valence-electron chi connectivity index (χ2n) is 6.57. The van der Waals surface area contributed by atoms with Gasteiger partial charge in [-0.3, -0.25) is 4.79 Å². The number of carbonyl (C=O) groups is 2. The van der Waals surface area contributed by atoms with Crippen molar-refractivity contribution in [2.45, 2.75) is 52.3 Å². The molecule has 0 saturated carbocycles. The van der Waals surface area contributed by atoms with E-state index in [0.29, 0.717) is 5.56 Å². The van der Waals surface area contributed by atoms with Crippen LogP contribution in [0.3, 0.4) is 0 Å². The molecular formula is C16H22N4O5. The largest absolute Gasteiger partial charge is 0.472 e. The molecule has 0 aliphatic heterocycles. The molecule has 2 N–H and O–H groups in total. The molecule has 9 nitrogen and oxygen atoms in total. The number of nitrogens with one attached hydrogen (secondary N) is 2. The summed E-state index contributed by atoms with van der Waals surface area (Å²) in [7, 11) is 0. The van der Waals surface area contributed by atoms with Crippen molar-refractivity contribution in [3.63, 3.8) is 0 Å². The molecule has 2 heterocycles. The van der Waals surface area contributed by atoms with Gasteiger partial charge < -0.3 is 24.3 Å². The molecule has 136 valence electrons. The van der Waals surface area contributed by atoms with Gasteiger partial charge in [-0.15, -0.1) is 0 Å². The number of aromatic nitrogens is 2. The van der Waals surface area contributed by atoms with Crippen LogP contribution in [0.5, 0.6) is 0 Å². The third kappa shape index (κ3) is 5.33. The molecule has 0 aliphatic rings. The quantitative estimate of drug-likeness (QED) is 0.850. The van der Waals surface area contributed by atoms with Gasteiger partial charge in [0.2, 0.25) is 5.89 Å². The summed E-state index contributed by atoms with van der Waals surface area (Å²) in [5.41, 5.74) is -0.204. The van der Waals surface area contributed by atoms with Gasteiger partial charge >= 0.3 is 6.09 Å². The highest BCUT2D eigenvalue weighted by Crippen LogP contribution is 2.16. The van der Waals surface area contributed by atoms with E-state index in [1.165, 1.54) is 12.5 Å². The Balaban J connectivity index is 1.94. The van der Waals surface area contributed by atoms with E-state index in [1.54, 1.807) is 40.7 Å². The lowest BCUT2D eigenvalue weighted by atomic mass is 10.2. The predicted octanol–water partition coefficient (Wildman–Crippen LogP) is 2.74. The fraction of sp³-hybridized carbons (Fsp3) is 0.500. The van der Waals surface area contributed by atoms with Crippen molar-refractivity contribution in [3.05, 3.63) is 35.9 Å². The van der Waals surface area contributed by atoms with E-state index in [4.69, 9.17) is 13.7 Å². The predicted molar refractivity (Wildman–Crippen MR) is 86.7 cm³/mol. The van der Waals surface area contributed by atoms with Gasteiger partial charge in [0.1, 0.15) is 17.9 Å². The molecule has 9 heteroatoms. The van der Waals surface area contributed by atoms with Gasteiger partial charge in [-0.1, -0.05) is 5.16 Å². The summed E-state index contributed by atoms with van der Waals surface area (Å²) in [5.74, 6) is 0.191. The maximum absolute atomic E-state index is 12.0. The molecule has 0 aliphatic carbocycles. The average Bonchev–Trinajstić information content (AvgIpc) is 3.17. The Morgan fingerprint density at radius 3 is 2.52 bits per heavy atom. The smallest absolute Gasteiger partial charge is 0.408 e. The fourth-order valence-electron chi connectivity index (χ4n) is 1.88. The van der Waals surface area contributed by atoms with Crippen molar-refractivity contribution in [2.75, 3.05) is 0 Å². The number of ether oxygens (including phenoxy) is 1. The van der Waals surface area contributed by atoms with E-state index in [9.17, 15) is 9.59 Å². The second-order valence-corrected chi connectivity index (χ2v) is 6.57. The minimum absolute atomic E-state index is 0.227. The highest BCUT2D eigenvalue weighted by molar-refractivity contribution is 5.93. The Bertz CT molecular complexity index is 717. The van der Waals surface area contributed by atoms with Crippen LogP contribution in [0, 0.1) is 0 Å². The van der Waals surface area contributed by atoms with Crippen LogP contribution in [0.2, 0.25) is 0 Å². The molecule has 2 aromatic heterocycles. The number of furan rings is 1. The first-order valence-corrected chi connectivity index (χ1v) is 7.82. The molecule has 2 amide bonds. The Morgan fingerprint density at radius 1 is 1.20 bits per heavy atom. The summed E-state index contributed by atoms with van der Waals surface area (Å²) in [6, 6.07) is 0.537. The zero-order chi connectivity index (χ0) is 18.6. The fourth-order valence-corrected chi connectivity index (χ4v) is 1.88. The summed E-state index contributed by atoms with van der Waals surface area (Å²) >= 11 is 0. The van der Waals surface area contributed by atoms with Gasteiger partial charge in [0.05, 0.1) is 17.9 Å². The Labute approximate surface area is 145 Å². The molecule has 0 fully saturated rings.